The van der Waals surface area contributed by atoms with Crippen LogP contribution < -0.4 is 10.6 Å². The topological polar surface area (TPSA) is 53.6 Å². The second kappa shape index (κ2) is 5.99. The molecule has 0 bridgehead atoms. The molecule has 1 amide bonds. The van der Waals surface area contributed by atoms with E-state index < -0.39 is 5.54 Å². The molecule has 2 fully saturated rings. The molecule has 2 saturated heterocycles. The van der Waals surface area contributed by atoms with Crippen molar-refractivity contribution < 1.29 is 9.53 Å². The van der Waals surface area contributed by atoms with Crippen molar-refractivity contribution in [1.82, 2.24) is 15.5 Å². The Bertz CT molecular complexity index is 282. The molecule has 0 aromatic rings. The first-order chi connectivity index (χ1) is 8.60. The molecule has 1 atom stereocenters. The van der Waals surface area contributed by atoms with E-state index in [1.807, 2.05) is 13.8 Å². The summed E-state index contributed by atoms with van der Waals surface area (Å²) in [7, 11) is 0. The van der Waals surface area contributed by atoms with Crippen LogP contribution in [0.3, 0.4) is 0 Å². The molecule has 2 aliphatic heterocycles. The maximum atomic E-state index is 12.3. The normalized spacial score (nSPS) is 26.2. The van der Waals surface area contributed by atoms with Crippen LogP contribution in [0.4, 0.5) is 0 Å². The summed E-state index contributed by atoms with van der Waals surface area (Å²) in [4.78, 5) is 14.5. The highest BCUT2D eigenvalue weighted by molar-refractivity contribution is 5.85. The number of carbonyl (C=O) groups excluding carboxylic acids is 1. The monoisotopic (exact) mass is 255 g/mol. The van der Waals surface area contributed by atoms with Gasteiger partial charge in [-0.25, -0.2) is 0 Å². The molecule has 0 aromatic heterocycles. The summed E-state index contributed by atoms with van der Waals surface area (Å²) in [5.74, 6) is 0.111. The van der Waals surface area contributed by atoms with E-state index in [0.29, 0.717) is 6.54 Å². The highest BCUT2D eigenvalue weighted by atomic mass is 16.5. The number of hydrogen-bond donors (Lipinski definition) is 2. The van der Waals surface area contributed by atoms with Gasteiger partial charge in [-0.1, -0.05) is 0 Å². The molecule has 5 heteroatoms. The summed E-state index contributed by atoms with van der Waals surface area (Å²) in [6.07, 6.45) is 2.39. The lowest BCUT2D eigenvalue weighted by molar-refractivity contribution is -0.132. The van der Waals surface area contributed by atoms with Crippen LogP contribution in [0, 0.1) is 0 Å². The summed E-state index contributed by atoms with van der Waals surface area (Å²) in [6.45, 7) is 9.27. The number of piperazine rings is 1. The van der Waals surface area contributed by atoms with Gasteiger partial charge in [-0.05, 0) is 26.7 Å². The molecule has 0 saturated carbocycles. The number of carbonyl (C=O) groups is 1. The second-order valence-corrected chi connectivity index (χ2v) is 5.64. The smallest absolute Gasteiger partial charge is 0.240 e. The van der Waals surface area contributed by atoms with Gasteiger partial charge in [0.15, 0.2) is 0 Å². The largest absolute Gasteiger partial charge is 0.376 e. The van der Waals surface area contributed by atoms with Gasteiger partial charge in [-0.15, -0.1) is 0 Å². The maximum Gasteiger partial charge on any atom is 0.240 e. The molecule has 2 N–H and O–H groups in total. The number of hydrogen-bond acceptors (Lipinski definition) is 4. The summed E-state index contributed by atoms with van der Waals surface area (Å²) in [6, 6.07) is 0. The fourth-order valence-electron chi connectivity index (χ4n) is 2.60. The van der Waals surface area contributed by atoms with Crippen LogP contribution in [0.1, 0.15) is 26.7 Å². The molecule has 18 heavy (non-hydrogen) atoms. The van der Waals surface area contributed by atoms with Gasteiger partial charge in [0.05, 0.1) is 11.6 Å². The molecular weight excluding hydrogens is 230 g/mol. The lowest BCUT2D eigenvalue weighted by Crippen LogP contribution is -2.60. The second-order valence-electron chi connectivity index (χ2n) is 5.64. The van der Waals surface area contributed by atoms with Gasteiger partial charge < -0.3 is 15.4 Å². The summed E-state index contributed by atoms with van der Waals surface area (Å²) in [5.41, 5.74) is -0.430. The Labute approximate surface area is 109 Å². The zero-order valence-electron chi connectivity index (χ0n) is 11.5. The minimum atomic E-state index is -0.430. The fourth-order valence-corrected chi connectivity index (χ4v) is 2.60. The first kappa shape index (κ1) is 13.8. The Morgan fingerprint density at radius 1 is 1.44 bits per heavy atom. The van der Waals surface area contributed by atoms with Crippen LogP contribution in [0.15, 0.2) is 0 Å². The van der Waals surface area contributed by atoms with E-state index in [1.165, 1.54) is 0 Å². The Morgan fingerprint density at radius 2 is 2.17 bits per heavy atom. The Balaban J connectivity index is 1.81. The highest BCUT2D eigenvalue weighted by Gasteiger charge is 2.35. The van der Waals surface area contributed by atoms with Gasteiger partial charge in [0.1, 0.15) is 0 Å². The average molecular weight is 255 g/mol. The number of nitrogens with one attached hydrogen (secondary N) is 2. The van der Waals surface area contributed by atoms with E-state index in [4.69, 9.17) is 4.74 Å². The Kier molecular flexibility index (Phi) is 4.59. The van der Waals surface area contributed by atoms with E-state index in [9.17, 15) is 4.79 Å². The SMILES string of the molecule is CC(C)(C(=O)NCC1CCCO1)N1CCNCC1. The third-order valence-corrected chi connectivity index (χ3v) is 3.98. The van der Waals surface area contributed by atoms with Crippen LogP contribution in [0.2, 0.25) is 0 Å². The Hall–Kier alpha value is -0.650. The van der Waals surface area contributed by atoms with E-state index >= 15 is 0 Å². The summed E-state index contributed by atoms with van der Waals surface area (Å²) >= 11 is 0. The van der Waals surface area contributed by atoms with Crippen LogP contribution in [0.25, 0.3) is 0 Å². The standard InChI is InChI=1S/C13H25N3O2/c1-13(2,16-7-5-14-6-8-16)12(17)15-10-11-4-3-9-18-11/h11,14H,3-10H2,1-2H3,(H,15,17). The average Bonchev–Trinajstić information content (AvgIpc) is 2.90. The lowest BCUT2D eigenvalue weighted by Gasteiger charge is -2.39. The van der Waals surface area contributed by atoms with Crippen molar-refractivity contribution >= 4 is 5.91 Å². The van der Waals surface area contributed by atoms with Crippen LogP contribution in [-0.2, 0) is 9.53 Å². The number of amides is 1. The molecule has 5 nitrogen and oxygen atoms in total. The summed E-state index contributed by atoms with van der Waals surface area (Å²) in [5, 5.41) is 6.35. The minimum Gasteiger partial charge on any atom is -0.376 e. The predicted octanol–water partition coefficient (Wildman–Crippen LogP) is -0.0346. The quantitative estimate of drug-likeness (QED) is 0.740. The van der Waals surface area contributed by atoms with Gasteiger partial charge in [0.2, 0.25) is 5.91 Å². The molecule has 0 aliphatic carbocycles. The fraction of sp³-hybridized carbons (Fsp3) is 0.923. The molecule has 104 valence electrons. The van der Waals surface area contributed by atoms with Crippen molar-refractivity contribution in [2.24, 2.45) is 0 Å². The van der Waals surface area contributed by atoms with Crippen LogP contribution in [0.5, 0.6) is 0 Å². The maximum absolute atomic E-state index is 12.3. The molecule has 2 aliphatic rings. The predicted molar refractivity (Wildman–Crippen MR) is 70.5 cm³/mol. The van der Waals surface area contributed by atoms with Crippen molar-refractivity contribution in [3.8, 4) is 0 Å². The van der Waals surface area contributed by atoms with E-state index in [0.717, 1.165) is 45.6 Å². The van der Waals surface area contributed by atoms with E-state index in [2.05, 4.69) is 15.5 Å². The van der Waals surface area contributed by atoms with Crippen LogP contribution in [-0.4, -0.2) is 61.8 Å². The minimum absolute atomic E-state index is 0.111. The number of ether oxygens (including phenoxy) is 1. The van der Waals surface area contributed by atoms with Crippen molar-refractivity contribution in [2.45, 2.75) is 38.3 Å². The van der Waals surface area contributed by atoms with Gasteiger partial charge >= 0.3 is 0 Å². The molecule has 0 spiro atoms. The molecular formula is C13H25N3O2. The molecule has 2 rings (SSSR count). The van der Waals surface area contributed by atoms with Crippen molar-refractivity contribution in [3.63, 3.8) is 0 Å². The van der Waals surface area contributed by atoms with E-state index in [-0.39, 0.29) is 12.0 Å². The van der Waals surface area contributed by atoms with Gasteiger partial charge in [0, 0.05) is 39.3 Å². The van der Waals surface area contributed by atoms with Gasteiger partial charge in [0.25, 0.3) is 0 Å². The number of rotatable bonds is 4. The van der Waals surface area contributed by atoms with Crippen LogP contribution >= 0.6 is 0 Å². The highest BCUT2D eigenvalue weighted by Crippen LogP contribution is 2.16. The molecule has 0 radical (unpaired) electrons. The van der Waals surface area contributed by atoms with Gasteiger partial charge in [-0.2, -0.15) is 0 Å². The van der Waals surface area contributed by atoms with Crippen molar-refractivity contribution in [2.75, 3.05) is 39.3 Å². The van der Waals surface area contributed by atoms with E-state index in [1.54, 1.807) is 0 Å². The van der Waals surface area contributed by atoms with Crippen molar-refractivity contribution in [1.29, 1.82) is 0 Å². The van der Waals surface area contributed by atoms with Gasteiger partial charge in [-0.3, -0.25) is 9.69 Å². The third kappa shape index (κ3) is 3.22. The zero-order chi connectivity index (χ0) is 13.0. The summed E-state index contributed by atoms with van der Waals surface area (Å²) < 4.78 is 5.52. The Morgan fingerprint density at radius 3 is 2.78 bits per heavy atom. The lowest BCUT2D eigenvalue weighted by atomic mass is 10.0. The molecule has 0 aromatic carbocycles. The third-order valence-electron chi connectivity index (χ3n) is 3.98. The zero-order valence-corrected chi connectivity index (χ0v) is 11.5. The van der Waals surface area contributed by atoms with Crippen molar-refractivity contribution in [3.05, 3.63) is 0 Å². The number of nitrogens with zero attached hydrogens (tertiary/aromatic N) is 1. The first-order valence-electron chi connectivity index (χ1n) is 6.96. The molecule has 1 unspecified atom stereocenters. The molecule has 2 heterocycles. The first-order valence-corrected chi connectivity index (χ1v) is 6.96.